The van der Waals surface area contributed by atoms with Crippen molar-refractivity contribution in [1.29, 1.82) is 0 Å². The van der Waals surface area contributed by atoms with Crippen molar-refractivity contribution in [2.75, 3.05) is 25.1 Å². The number of hydrogen-bond donors (Lipinski definition) is 1. The second kappa shape index (κ2) is 7.68. The molecule has 5 nitrogen and oxygen atoms in total. The van der Waals surface area contributed by atoms with E-state index in [4.69, 9.17) is 9.47 Å². The van der Waals surface area contributed by atoms with Crippen molar-refractivity contribution >= 4 is 11.7 Å². The number of carbonyl (C=O) groups is 1. The summed E-state index contributed by atoms with van der Waals surface area (Å²) in [7, 11) is 0. The van der Waals surface area contributed by atoms with Gasteiger partial charge < -0.3 is 19.7 Å². The molecule has 1 aromatic rings. The first-order valence-corrected chi connectivity index (χ1v) is 8.64. The van der Waals surface area contributed by atoms with Gasteiger partial charge in [0.2, 0.25) is 0 Å². The average molecular weight is 318 g/mol. The van der Waals surface area contributed by atoms with E-state index >= 15 is 0 Å². The lowest BCUT2D eigenvalue weighted by molar-refractivity contribution is 0.143. The molecule has 2 fully saturated rings. The molecule has 126 valence electrons. The fraction of sp³-hybridized carbons (Fsp3) is 0.611. The first-order chi connectivity index (χ1) is 11.2. The van der Waals surface area contributed by atoms with E-state index in [0.717, 1.165) is 37.3 Å². The van der Waals surface area contributed by atoms with Gasteiger partial charge in [-0.1, -0.05) is 0 Å². The van der Waals surface area contributed by atoms with Crippen LogP contribution in [0.1, 0.15) is 39.0 Å². The Morgan fingerprint density at radius 3 is 2.65 bits per heavy atom. The summed E-state index contributed by atoms with van der Waals surface area (Å²) in [6.07, 6.45) is 6.04. The molecule has 1 heterocycles. The van der Waals surface area contributed by atoms with Crippen LogP contribution in [0.4, 0.5) is 10.5 Å². The van der Waals surface area contributed by atoms with Crippen molar-refractivity contribution in [1.82, 2.24) is 4.90 Å². The van der Waals surface area contributed by atoms with E-state index in [1.54, 1.807) is 0 Å². The van der Waals surface area contributed by atoms with E-state index in [1.807, 2.05) is 29.2 Å². The Labute approximate surface area is 137 Å². The van der Waals surface area contributed by atoms with Gasteiger partial charge >= 0.3 is 6.03 Å². The summed E-state index contributed by atoms with van der Waals surface area (Å²) in [6.45, 7) is 4.02. The van der Waals surface area contributed by atoms with E-state index in [1.165, 1.54) is 12.8 Å². The topological polar surface area (TPSA) is 50.8 Å². The van der Waals surface area contributed by atoms with Crippen molar-refractivity contribution in [3.8, 4) is 5.75 Å². The van der Waals surface area contributed by atoms with Crippen LogP contribution in [0.5, 0.6) is 5.75 Å². The zero-order valence-corrected chi connectivity index (χ0v) is 13.8. The molecule has 23 heavy (non-hydrogen) atoms. The van der Waals surface area contributed by atoms with Crippen LogP contribution in [-0.4, -0.2) is 42.8 Å². The normalized spacial score (nSPS) is 22.7. The Hall–Kier alpha value is -1.75. The van der Waals surface area contributed by atoms with Gasteiger partial charge in [-0.25, -0.2) is 4.79 Å². The van der Waals surface area contributed by atoms with Gasteiger partial charge in [0.05, 0.1) is 12.7 Å². The first-order valence-electron chi connectivity index (χ1n) is 8.64. The number of urea groups is 1. The molecule has 1 N–H and O–H groups in total. The van der Waals surface area contributed by atoms with Crippen molar-refractivity contribution in [2.24, 2.45) is 0 Å². The zero-order valence-electron chi connectivity index (χ0n) is 13.8. The fourth-order valence-corrected chi connectivity index (χ4v) is 3.21. The van der Waals surface area contributed by atoms with Crippen LogP contribution < -0.4 is 10.1 Å². The minimum absolute atomic E-state index is 0.0625. The van der Waals surface area contributed by atoms with E-state index in [-0.39, 0.29) is 12.1 Å². The summed E-state index contributed by atoms with van der Waals surface area (Å²) in [5.74, 6) is 0.881. The van der Waals surface area contributed by atoms with Crippen LogP contribution in [0.2, 0.25) is 0 Å². The van der Waals surface area contributed by atoms with Crippen LogP contribution >= 0.6 is 0 Å². The van der Waals surface area contributed by atoms with Gasteiger partial charge in [0.1, 0.15) is 5.75 Å². The quantitative estimate of drug-likeness (QED) is 0.925. The molecule has 0 spiro atoms. The van der Waals surface area contributed by atoms with E-state index in [9.17, 15) is 4.79 Å². The predicted octanol–water partition coefficient (Wildman–Crippen LogP) is 3.65. The second-order valence-electron chi connectivity index (χ2n) is 6.42. The first kappa shape index (κ1) is 16.1. The largest absolute Gasteiger partial charge is 0.490 e. The van der Waals surface area contributed by atoms with Crippen molar-refractivity contribution < 1.29 is 14.3 Å². The van der Waals surface area contributed by atoms with Crippen LogP contribution in [0, 0.1) is 0 Å². The number of ether oxygens (including phenoxy) is 2. The molecule has 1 aliphatic carbocycles. The highest BCUT2D eigenvalue weighted by Crippen LogP contribution is 2.25. The number of nitrogens with one attached hydrogen (secondary N) is 1. The minimum Gasteiger partial charge on any atom is -0.490 e. The molecule has 1 saturated heterocycles. The lowest BCUT2D eigenvalue weighted by Gasteiger charge is -2.26. The third kappa shape index (κ3) is 4.38. The average Bonchev–Trinajstić information content (AvgIpc) is 2.96. The second-order valence-corrected chi connectivity index (χ2v) is 6.42. The monoisotopic (exact) mass is 318 g/mol. The molecule has 0 unspecified atom stereocenters. The smallest absolute Gasteiger partial charge is 0.322 e. The number of benzene rings is 1. The summed E-state index contributed by atoms with van der Waals surface area (Å²) < 4.78 is 11.4. The molecule has 3 rings (SSSR count). The molecule has 0 aromatic heterocycles. The van der Waals surface area contributed by atoms with Gasteiger partial charge in [0.15, 0.2) is 0 Å². The number of nitrogens with zero attached hydrogens (tertiary/aromatic N) is 1. The Bertz CT molecular complexity index is 512. The van der Waals surface area contributed by atoms with E-state index in [2.05, 4.69) is 12.2 Å². The summed E-state index contributed by atoms with van der Waals surface area (Å²) >= 11 is 0. The summed E-state index contributed by atoms with van der Waals surface area (Å²) in [4.78, 5) is 14.3. The summed E-state index contributed by atoms with van der Waals surface area (Å²) in [5.41, 5.74) is 0.797. The molecule has 2 aliphatic rings. The molecular weight excluding hydrogens is 292 g/mol. The number of hydrogen-bond acceptors (Lipinski definition) is 3. The molecule has 5 heteroatoms. The molecule has 1 saturated carbocycles. The van der Waals surface area contributed by atoms with Crippen LogP contribution in [-0.2, 0) is 4.74 Å². The predicted molar refractivity (Wildman–Crippen MR) is 89.9 cm³/mol. The van der Waals surface area contributed by atoms with Gasteiger partial charge in [-0.3, -0.25) is 0 Å². The van der Waals surface area contributed by atoms with E-state index < -0.39 is 0 Å². The highest BCUT2D eigenvalue weighted by Gasteiger charge is 2.22. The summed E-state index contributed by atoms with van der Waals surface area (Å²) in [5, 5.41) is 2.97. The van der Waals surface area contributed by atoms with Gasteiger partial charge in [-0.15, -0.1) is 0 Å². The highest BCUT2D eigenvalue weighted by molar-refractivity contribution is 5.89. The number of anilines is 1. The van der Waals surface area contributed by atoms with Gasteiger partial charge in [-0.05, 0) is 63.3 Å². The van der Waals surface area contributed by atoms with Crippen molar-refractivity contribution in [2.45, 2.75) is 51.2 Å². The Balaban J connectivity index is 1.55. The van der Waals surface area contributed by atoms with Crippen LogP contribution in [0.25, 0.3) is 0 Å². The lowest BCUT2D eigenvalue weighted by Crippen LogP contribution is -2.42. The number of amides is 2. The number of carbonyl (C=O) groups excluding carboxylic acids is 1. The third-order valence-electron chi connectivity index (χ3n) is 4.66. The lowest BCUT2D eigenvalue weighted by atomic mass is 10.2. The maximum atomic E-state index is 12.4. The Morgan fingerprint density at radius 1 is 1.17 bits per heavy atom. The van der Waals surface area contributed by atoms with Gasteiger partial charge in [0.25, 0.3) is 0 Å². The van der Waals surface area contributed by atoms with E-state index in [0.29, 0.717) is 19.3 Å². The Kier molecular flexibility index (Phi) is 5.39. The third-order valence-corrected chi connectivity index (χ3v) is 4.66. The maximum Gasteiger partial charge on any atom is 0.322 e. The molecule has 1 aliphatic heterocycles. The molecule has 2 amide bonds. The van der Waals surface area contributed by atoms with Crippen LogP contribution in [0.3, 0.4) is 0 Å². The van der Waals surface area contributed by atoms with Crippen LogP contribution in [0.15, 0.2) is 24.3 Å². The van der Waals surface area contributed by atoms with Gasteiger partial charge in [-0.2, -0.15) is 0 Å². The zero-order chi connectivity index (χ0) is 16.1. The van der Waals surface area contributed by atoms with Gasteiger partial charge in [0, 0.05) is 24.9 Å². The highest BCUT2D eigenvalue weighted by atomic mass is 16.5. The molecule has 0 bridgehead atoms. The molecule has 1 atom stereocenters. The molecule has 1 aromatic carbocycles. The van der Waals surface area contributed by atoms with Crippen molar-refractivity contribution in [3.63, 3.8) is 0 Å². The molecule has 0 radical (unpaired) electrons. The Morgan fingerprint density at radius 2 is 1.91 bits per heavy atom. The fourth-order valence-electron chi connectivity index (χ4n) is 3.21. The number of rotatable bonds is 3. The standard InChI is InChI=1S/C18H26N2O3/c1-14-10-12-22-13-11-20(14)18(21)19-15-6-8-17(9-7-15)23-16-4-2-3-5-16/h6-9,14,16H,2-5,10-13H2,1H3,(H,19,21)/t14-/m1/s1. The van der Waals surface area contributed by atoms with Crippen molar-refractivity contribution in [3.05, 3.63) is 24.3 Å². The minimum atomic E-state index is -0.0625. The maximum absolute atomic E-state index is 12.4. The summed E-state index contributed by atoms with van der Waals surface area (Å²) in [6, 6.07) is 7.81. The molecular formula is C18H26N2O3. The SMILES string of the molecule is C[C@@H]1CCOCCN1C(=O)Nc1ccc(OC2CCCC2)cc1.